The summed E-state index contributed by atoms with van der Waals surface area (Å²) in [6, 6.07) is 17.6. The number of hydrogen-bond acceptors (Lipinski definition) is 5. The Morgan fingerprint density at radius 1 is 1.07 bits per heavy atom. The Hall–Kier alpha value is -3.05. The number of ketones is 1. The molecule has 2 aromatic heterocycles. The second kappa shape index (κ2) is 8.31. The van der Waals surface area contributed by atoms with Crippen LogP contribution in [-0.4, -0.2) is 15.8 Å². The number of thiazole rings is 1. The van der Waals surface area contributed by atoms with Crippen LogP contribution in [0, 0.1) is 6.92 Å². The predicted octanol–water partition coefficient (Wildman–Crippen LogP) is 5.51. The Balaban J connectivity index is 1.38. The molecule has 0 saturated heterocycles. The molecule has 0 aliphatic rings. The highest BCUT2D eigenvalue weighted by atomic mass is 32.1. The zero-order valence-electron chi connectivity index (χ0n) is 15.6. The van der Waals surface area contributed by atoms with Crippen molar-refractivity contribution in [3.8, 4) is 11.5 Å². The van der Waals surface area contributed by atoms with Gasteiger partial charge in [0, 0.05) is 35.8 Å². The average Bonchev–Trinajstić information content (AvgIpc) is 3.37. The van der Waals surface area contributed by atoms with Crippen LogP contribution in [0.15, 0.2) is 69.9 Å². The molecule has 4 nitrogen and oxygen atoms in total. The molecule has 0 aliphatic heterocycles. The molecule has 0 unspecified atom stereocenters. The number of nitrogens with zero attached hydrogens (tertiary/aromatic N) is 2. The summed E-state index contributed by atoms with van der Waals surface area (Å²) in [6.45, 7) is 1.90. The van der Waals surface area contributed by atoms with Crippen molar-refractivity contribution in [3.05, 3.63) is 93.8 Å². The zero-order valence-corrected chi connectivity index (χ0v) is 16.4. The van der Waals surface area contributed by atoms with E-state index in [0.29, 0.717) is 18.7 Å². The molecule has 0 radical (unpaired) electrons. The minimum absolute atomic E-state index is 0.115. The molecule has 0 atom stereocenters. The van der Waals surface area contributed by atoms with Gasteiger partial charge < -0.3 is 4.42 Å². The normalized spacial score (nSPS) is 10.9. The first-order valence-corrected chi connectivity index (χ1v) is 10.1. The summed E-state index contributed by atoms with van der Waals surface area (Å²) in [7, 11) is 0. The van der Waals surface area contributed by atoms with Gasteiger partial charge in [0.2, 0.25) is 5.89 Å². The standard InChI is InChI=1S/C23H20N2O2S/c1-16-21(25-23(27-16)19-5-3-2-4-6-19)11-12-22(26)18-9-7-17(8-10-18)13-20-14-28-15-24-20/h2-10,14-15H,11-13H2,1H3. The summed E-state index contributed by atoms with van der Waals surface area (Å²) in [6.07, 6.45) is 1.77. The molecule has 0 aliphatic carbocycles. The first-order chi connectivity index (χ1) is 13.7. The molecule has 4 rings (SSSR count). The van der Waals surface area contributed by atoms with E-state index in [1.54, 1.807) is 11.3 Å². The molecular formula is C23H20N2O2S. The van der Waals surface area contributed by atoms with Gasteiger partial charge in [0.25, 0.3) is 0 Å². The molecule has 0 bridgehead atoms. The number of aromatic nitrogens is 2. The van der Waals surface area contributed by atoms with Gasteiger partial charge in [0.1, 0.15) is 5.76 Å². The molecule has 0 amide bonds. The highest BCUT2D eigenvalue weighted by Crippen LogP contribution is 2.22. The van der Waals surface area contributed by atoms with Crippen LogP contribution < -0.4 is 0 Å². The van der Waals surface area contributed by atoms with E-state index < -0.39 is 0 Å². The lowest BCUT2D eigenvalue weighted by molar-refractivity contribution is 0.0982. The van der Waals surface area contributed by atoms with Crippen LogP contribution in [0.5, 0.6) is 0 Å². The van der Waals surface area contributed by atoms with Gasteiger partial charge in [0.05, 0.1) is 16.9 Å². The number of carbonyl (C=O) groups is 1. The van der Waals surface area contributed by atoms with Gasteiger partial charge in [-0.05, 0) is 24.6 Å². The minimum atomic E-state index is 0.115. The van der Waals surface area contributed by atoms with Crippen LogP contribution in [-0.2, 0) is 12.8 Å². The number of hydrogen-bond donors (Lipinski definition) is 0. The molecule has 2 aromatic carbocycles. The molecular weight excluding hydrogens is 368 g/mol. The molecule has 28 heavy (non-hydrogen) atoms. The second-order valence-electron chi connectivity index (χ2n) is 6.66. The molecule has 2 heterocycles. The molecule has 0 N–H and O–H groups in total. The summed E-state index contributed by atoms with van der Waals surface area (Å²) in [5.41, 5.74) is 6.56. The number of oxazole rings is 1. The molecule has 0 fully saturated rings. The Labute approximate surface area is 167 Å². The largest absolute Gasteiger partial charge is 0.441 e. The zero-order chi connectivity index (χ0) is 19.3. The predicted molar refractivity (Wildman–Crippen MR) is 111 cm³/mol. The smallest absolute Gasteiger partial charge is 0.226 e. The van der Waals surface area contributed by atoms with E-state index in [-0.39, 0.29) is 5.78 Å². The van der Waals surface area contributed by atoms with E-state index in [0.717, 1.165) is 40.3 Å². The average molecular weight is 388 g/mol. The molecule has 5 heteroatoms. The first-order valence-electron chi connectivity index (χ1n) is 9.20. The fraction of sp³-hybridized carbons (Fsp3) is 0.174. The number of aryl methyl sites for hydroxylation is 2. The van der Waals surface area contributed by atoms with E-state index in [1.165, 1.54) is 0 Å². The maximum absolute atomic E-state index is 12.6. The maximum atomic E-state index is 12.6. The van der Waals surface area contributed by atoms with Crippen molar-refractivity contribution < 1.29 is 9.21 Å². The van der Waals surface area contributed by atoms with Crippen LogP contribution in [0.25, 0.3) is 11.5 Å². The summed E-state index contributed by atoms with van der Waals surface area (Å²) in [5.74, 6) is 1.49. The van der Waals surface area contributed by atoms with Crippen LogP contribution in [0.2, 0.25) is 0 Å². The van der Waals surface area contributed by atoms with E-state index in [9.17, 15) is 4.79 Å². The van der Waals surface area contributed by atoms with Crippen LogP contribution in [0.1, 0.15) is 39.5 Å². The van der Waals surface area contributed by atoms with Gasteiger partial charge in [0.15, 0.2) is 5.78 Å². The number of carbonyl (C=O) groups excluding carboxylic acids is 1. The number of benzene rings is 2. The van der Waals surface area contributed by atoms with Crippen LogP contribution in [0.4, 0.5) is 0 Å². The first kappa shape index (κ1) is 18.3. The Bertz CT molecular complexity index is 1050. The van der Waals surface area contributed by atoms with Crippen molar-refractivity contribution in [1.82, 2.24) is 9.97 Å². The van der Waals surface area contributed by atoms with Crippen LogP contribution >= 0.6 is 11.3 Å². The lowest BCUT2D eigenvalue weighted by Crippen LogP contribution is -2.02. The highest BCUT2D eigenvalue weighted by Gasteiger charge is 2.14. The Morgan fingerprint density at radius 3 is 2.57 bits per heavy atom. The summed E-state index contributed by atoms with van der Waals surface area (Å²) >= 11 is 1.59. The van der Waals surface area contributed by atoms with Gasteiger partial charge in [-0.15, -0.1) is 11.3 Å². The molecule has 140 valence electrons. The quantitative estimate of drug-likeness (QED) is 0.392. The van der Waals surface area contributed by atoms with Gasteiger partial charge in [-0.3, -0.25) is 4.79 Å². The number of Topliss-reactive ketones (excluding diaryl/α,β-unsaturated/α-hetero) is 1. The van der Waals surface area contributed by atoms with Crippen molar-refractivity contribution in [1.29, 1.82) is 0 Å². The third-order valence-electron chi connectivity index (χ3n) is 4.65. The highest BCUT2D eigenvalue weighted by molar-refractivity contribution is 7.07. The van der Waals surface area contributed by atoms with E-state index in [2.05, 4.69) is 9.97 Å². The Morgan fingerprint density at radius 2 is 1.86 bits per heavy atom. The third kappa shape index (κ3) is 4.26. The Kier molecular flexibility index (Phi) is 5.44. The monoisotopic (exact) mass is 388 g/mol. The van der Waals surface area contributed by atoms with E-state index in [1.807, 2.05) is 72.4 Å². The van der Waals surface area contributed by atoms with E-state index in [4.69, 9.17) is 4.42 Å². The fourth-order valence-corrected chi connectivity index (χ4v) is 3.64. The van der Waals surface area contributed by atoms with Crippen molar-refractivity contribution in [2.45, 2.75) is 26.2 Å². The number of rotatable bonds is 7. The fourth-order valence-electron chi connectivity index (χ4n) is 3.08. The van der Waals surface area contributed by atoms with Crippen molar-refractivity contribution >= 4 is 17.1 Å². The second-order valence-corrected chi connectivity index (χ2v) is 7.38. The summed E-state index contributed by atoms with van der Waals surface area (Å²) in [5, 5.41) is 2.04. The summed E-state index contributed by atoms with van der Waals surface area (Å²) < 4.78 is 5.78. The van der Waals surface area contributed by atoms with Crippen LogP contribution in [0.3, 0.4) is 0 Å². The maximum Gasteiger partial charge on any atom is 0.226 e. The SMILES string of the molecule is Cc1oc(-c2ccccc2)nc1CCC(=O)c1ccc(Cc2cscn2)cc1. The minimum Gasteiger partial charge on any atom is -0.441 e. The molecule has 0 spiro atoms. The van der Waals surface area contributed by atoms with Crippen molar-refractivity contribution in [2.75, 3.05) is 0 Å². The van der Waals surface area contributed by atoms with Gasteiger partial charge in [-0.2, -0.15) is 0 Å². The van der Waals surface area contributed by atoms with Crippen molar-refractivity contribution in [2.24, 2.45) is 0 Å². The van der Waals surface area contributed by atoms with Gasteiger partial charge >= 0.3 is 0 Å². The molecule has 0 saturated carbocycles. The lowest BCUT2D eigenvalue weighted by atomic mass is 10.0. The summed E-state index contributed by atoms with van der Waals surface area (Å²) in [4.78, 5) is 21.4. The topological polar surface area (TPSA) is 56.0 Å². The molecule has 4 aromatic rings. The van der Waals surface area contributed by atoms with Gasteiger partial charge in [-0.25, -0.2) is 9.97 Å². The third-order valence-corrected chi connectivity index (χ3v) is 5.28. The van der Waals surface area contributed by atoms with Gasteiger partial charge in [-0.1, -0.05) is 42.5 Å². The van der Waals surface area contributed by atoms with E-state index >= 15 is 0 Å². The lowest BCUT2D eigenvalue weighted by Gasteiger charge is -2.03. The van der Waals surface area contributed by atoms with Crippen molar-refractivity contribution in [3.63, 3.8) is 0 Å².